The van der Waals surface area contributed by atoms with Gasteiger partial charge in [0.15, 0.2) is 5.17 Å². The van der Waals surface area contributed by atoms with Gasteiger partial charge in [-0.1, -0.05) is 47.6 Å². The smallest absolute Gasteiger partial charge is 0.242 e. The third-order valence-electron chi connectivity index (χ3n) is 4.15. The van der Waals surface area contributed by atoms with Crippen molar-refractivity contribution >= 4 is 51.7 Å². The van der Waals surface area contributed by atoms with Gasteiger partial charge in [-0.05, 0) is 43.7 Å². The number of carbonyl (C=O) groups excluding carboxylic acids is 2. The second kappa shape index (κ2) is 8.59. The fraction of sp³-hybridized carbons (Fsp3) is 0.250. The first-order valence-corrected chi connectivity index (χ1v) is 9.91. The maximum Gasteiger partial charge on any atom is 0.242 e. The van der Waals surface area contributed by atoms with Crippen molar-refractivity contribution in [2.24, 2.45) is 4.99 Å². The molecule has 0 aromatic heterocycles. The van der Waals surface area contributed by atoms with Crippen LogP contribution in [0, 0.1) is 6.92 Å². The maximum absolute atomic E-state index is 12.7. The number of nitrogens with one attached hydrogen (secondary N) is 1. The molecule has 2 amide bonds. The minimum absolute atomic E-state index is 0.0826. The number of hydrogen-bond donors (Lipinski definition) is 1. The largest absolute Gasteiger partial charge is 0.326 e. The summed E-state index contributed by atoms with van der Waals surface area (Å²) in [7, 11) is 0. The van der Waals surface area contributed by atoms with Crippen molar-refractivity contribution in [3.63, 3.8) is 0 Å². The van der Waals surface area contributed by atoms with E-state index in [4.69, 9.17) is 11.6 Å². The lowest BCUT2D eigenvalue weighted by Crippen LogP contribution is -2.33. The van der Waals surface area contributed by atoms with Gasteiger partial charge in [0.05, 0.1) is 5.69 Å². The predicted molar refractivity (Wildman–Crippen MR) is 112 cm³/mol. The SMILES string of the molecule is CCN1C(=O)[C@H](CC(=O)Nc2cccc(Cl)c2)SC1=Nc1ccccc1C. The highest BCUT2D eigenvalue weighted by Gasteiger charge is 2.38. The van der Waals surface area contributed by atoms with E-state index >= 15 is 0 Å². The van der Waals surface area contributed by atoms with Crippen molar-refractivity contribution in [2.45, 2.75) is 25.5 Å². The van der Waals surface area contributed by atoms with E-state index in [2.05, 4.69) is 10.3 Å². The molecule has 0 unspecified atom stereocenters. The van der Waals surface area contributed by atoms with Crippen LogP contribution in [0.25, 0.3) is 0 Å². The summed E-state index contributed by atoms with van der Waals surface area (Å²) in [5.74, 6) is -0.313. The highest BCUT2D eigenvalue weighted by atomic mass is 35.5. The lowest BCUT2D eigenvalue weighted by molar-refractivity contribution is -0.128. The van der Waals surface area contributed by atoms with Crippen LogP contribution in [0.3, 0.4) is 0 Å². The lowest BCUT2D eigenvalue weighted by Gasteiger charge is -2.13. The number of rotatable bonds is 5. The number of nitrogens with zero attached hydrogens (tertiary/aromatic N) is 2. The Hall–Kier alpha value is -2.31. The number of amidine groups is 1. The number of hydrogen-bond acceptors (Lipinski definition) is 4. The van der Waals surface area contributed by atoms with Gasteiger partial charge in [0.25, 0.3) is 0 Å². The molecule has 0 bridgehead atoms. The average molecular weight is 402 g/mol. The van der Waals surface area contributed by atoms with E-state index in [0.717, 1.165) is 11.3 Å². The summed E-state index contributed by atoms with van der Waals surface area (Å²) in [5.41, 5.74) is 2.48. The van der Waals surface area contributed by atoms with Crippen molar-refractivity contribution < 1.29 is 9.59 Å². The molecule has 3 rings (SSSR count). The maximum atomic E-state index is 12.7. The molecule has 2 aromatic rings. The number of aryl methyl sites for hydroxylation is 1. The second-order valence-corrected chi connectivity index (χ2v) is 7.74. The predicted octanol–water partition coefficient (Wildman–Crippen LogP) is 4.63. The van der Waals surface area contributed by atoms with Crippen LogP contribution in [0.15, 0.2) is 53.5 Å². The molecule has 7 heteroatoms. The van der Waals surface area contributed by atoms with Gasteiger partial charge in [-0.25, -0.2) is 4.99 Å². The van der Waals surface area contributed by atoms with E-state index in [1.54, 1.807) is 29.2 Å². The Bertz CT molecular complexity index is 900. The molecular formula is C20H20ClN3O2S. The molecule has 0 radical (unpaired) electrons. The number of para-hydroxylation sites is 1. The molecule has 1 heterocycles. The summed E-state index contributed by atoms with van der Waals surface area (Å²) in [4.78, 5) is 31.3. The summed E-state index contributed by atoms with van der Waals surface area (Å²) in [6.45, 7) is 4.40. The molecule has 1 aliphatic heterocycles. The van der Waals surface area contributed by atoms with Gasteiger partial charge in [-0.15, -0.1) is 0 Å². The van der Waals surface area contributed by atoms with E-state index in [9.17, 15) is 9.59 Å². The Labute approximate surface area is 167 Å². The Morgan fingerprint density at radius 2 is 2.04 bits per heavy atom. The lowest BCUT2D eigenvalue weighted by atomic mass is 10.2. The highest BCUT2D eigenvalue weighted by Crippen LogP contribution is 2.32. The van der Waals surface area contributed by atoms with Crippen LogP contribution in [-0.4, -0.2) is 33.7 Å². The number of halogens is 1. The Balaban J connectivity index is 1.72. The molecule has 140 valence electrons. The zero-order valence-corrected chi connectivity index (χ0v) is 16.7. The van der Waals surface area contributed by atoms with E-state index in [1.807, 2.05) is 38.1 Å². The molecule has 1 aliphatic rings. The zero-order valence-electron chi connectivity index (χ0n) is 15.1. The normalized spacial score (nSPS) is 18.2. The van der Waals surface area contributed by atoms with Crippen LogP contribution in [0.4, 0.5) is 11.4 Å². The zero-order chi connectivity index (χ0) is 19.4. The van der Waals surface area contributed by atoms with Gasteiger partial charge in [-0.2, -0.15) is 0 Å². The molecule has 1 N–H and O–H groups in total. The Morgan fingerprint density at radius 1 is 1.26 bits per heavy atom. The van der Waals surface area contributed by atoms with E-state index in [-0.39, 0.29) is 18.2 Å². The molecule has 27 heavy (non-hydrogen) atoms. The van der Waals surface area contributed by atoms with Gasteiger partial charge in [0.2, 0.25) is 11.8 Å². The third kappa shape index (κ3) is 4.70. The minimum Gasteiger partial charge on any atom is -0.326 e. The third-order valence-corrected chi connectivity index (χ3v) is 5.56. The van der Waals surface area contributed by atoms with E-state index < -0.39 is 5.25 Å². The van der Waals surface area contributed by atoms with Crippen LogP contribution < -0.4 is 5.32 Å². The topological polar surface area (TPSA) is 61.8 Å². The summed E-state index contributed by atoms with van der Waals surface area (Å²) >= 11 is 7.27. The number of carbonyl (C=O) groups is 2. The number of thioether (sulfide) groups is 1. The van der Waals surface area contributed by atoms with Crippen LogP contribution in [0.1, 0.15) is 18.9 Å². The molecule has 5 nitrogen and oxygen atoms in total. The highest BCUT2D eigenvalue weighted by molar-refractivity contribution is 8.15. The van der Waals surface area contributed by atoms with Crippen LogP contribution in [0.2, 0.25) is 5.02 Å². The Kier molecular flexibility index (Phi) is 6.19. The monoisotopic (exact) mass is 401 g/mol. The molecule has 1 saturated heterocycles. The van der Waals surface area contributed by atoms with Gasteiger partial charge in [0.1, 0.15) is 5.25 Å². The molecule has 1 fully saturated rings. The fourth-order valence-electron chi connectivity index (χ4n) is 2.75. The van der Waals surface area contributed by atoms with E-state index in [0.29, 0.717) is 22.4 Å². The molecule has 1 atom stereocenters. The number of benzene rings is 2. The Morgan fingerprint density at radius 3 is 2.74 bits per heavy atom. The number of amides is 2. The van der Waals surface area contributed by atoms with Gasteiger partial charge < -0.3 is 5.32 Å². The van der Waals surface area contributed by atoms with Crippen molar-refractivity contribution in [2.75, 3.05) is 11.9 Å². The van der Waals surface area contributed by atoms with Crippen molar-refractivity contribution in [3.8, 4) is 0 Å². The first-order chi connectivity index (χ1) is 13.0. The summed E-state index contributed by atoms with van der Waals surface area (Å²) in [6.07, 6.45) is 0.0826. The minimum atomic E-state index is -0.480. The van der Waals surface area contributed by atoms with Crippen LogP contribution >= 0.6 is 23.4 Å². The number of aliphatic imine (C=N–C) groups is 1. The summed E-state index contributed by atoms with van der Waals surface area (Å²) < 4.78 is 0. The van der Waals surface area contributed by atoms with E-state index in [1.165, 1.54) is 11.8 Å². The molecule has 2 aromatic carbocycles. The first-order valence-electron chi connectivity index (χ1n) is 8.65. The van der Waals surface area contributed by atoms with Crippen molar-refractivity contribution in [3.05, 3.63) is 59.1 Å². The molecule has 0 saturated carbocycles. The first kappa shape index (κ1) is 19.5. The molecular weight excluding hydrogens is 382 g/mol. The average Bonchev–Trinajstić information content (AvgIpc) is 2.91. The van der Waals surface area contributed by atoms with Crippen molar-refractivity contribution in [1.82, 2.24) is 4.90 Å². The standard InChI is InChI=1S/C20H20ClN3O2S/c1-3-24-19(26)17(12-18(25)22-15-9-6-8-14(21)11-15)27-20(24)23-16-10-5-4-7-13(16)2/h4-11,17H,3,12H2,1-2H3,(H,22,25)/t17-/m0/s1. The van der Waals surface area contributed by atoms with Gasteiger partial charge in [-0.3, -0.25) is 14.5 Å². The van der Waals surface area contributed by atoms with Gasteiger partial charge in [0, 0.05) is 23.7 Å². The van der Waals surface area contributed by atoms with Gasteiger partial charge >= 0.3 is 0 Å². The summed E-state index contributed by atoms with van der Waals surface area (Å²) in [5, 5.41) is 3.49. The molecule has 0 aliphatic carbocycles. The molecule has 0 spiro atoms. The summed E-state index contributed by atoms with van der Waals surface area (Å²) in [6, 6.07) is 14.7. The van der Waals surface area contributed by atoms with Crippen LogP contribution in [0.5, 0.6) is 0 Å². The number of anilines is 1. The van der Waals surface area contributed by atoms with Crippen molar-refractivity contribution in [1.29, 1.82) is 0 Å². The second-order valence-electron chi connectivity index (χ2n) is 6.13. The fourth-order valence-corrected chi connectivity index (χ4v) is 4.16. The van der Waals surface area contributed by atoms with Crippen LogP contribution in [-0.2, 0) is 9.59 Å². The quantitative estimate of drug-likeness (QED) is 0.794.